The minimum absolute atomic E-state index is 0.401. The maximum atomic E-state index is 12.6. The van der Waals surface area contributed by atoms with E-state index in [1.807, 2.05) is 0 Å². The van der Waals surface area contributed by atoms with E-state index < -0.39 is 17.8 Å². The van der Waals surface area contributed by atoms with Gasteiger partial charge in [0, 0.05) is 10.5 Å². The van der Waals surface area contributed by atoms with Crippen LogP contribution in [0.2, 0.25) is 0 Å². The molecular formula is C13H15BrF3N. The molecule has 0 saturated carbocycles. The van der Waals surface area contributed by atoms with Crippen LogP contribution in [0.3, 0.4) is 0 Å². The van der Waals surface area contributed by atoms with Gasteiger partial charge in [-0.25, -0.2) is 0 Å². The molecule has 1 atom stereocenters. The molecule has 2 N–H and O–H groups in total. The Labute approximate surface area is 113 Å². The molecule has 0 radical (unpaired) electrons. The smallest absolute Gasteiger partial charge is 0.324 e. The normalized spacial score (nSPS) is 13.4. The van der Waals surface area contributed by atoms with Crippen LogP contribution in [-0.2, 0) is 6.18 Å². The van der Waals surface area contributed by atoms with E-state index in [0.717, 1.165) is 25.0 Å². The van der Waals surface area contributed by atoms with Crippen molar-refractivity contribution in [1.29, 1.82) is 0 Å². The van der Waals surface area contributed by atoms with Crippen LogP contribution in [0.25, 0.3) is 0 Å². The van der Waals surface area contributed by atoms with Crippen molar-refractivity contribution >= 4 is 15.9 Å². The van der Waals surface area contributed by atoms with Gasteiger partial charge in [-0.05, 0) is 43.0 Å². The molecule has 0 spiro atoms. The average Bonchev–Trinajstić information content (AvgIpc) is 2.28. The maximum absolute atomic E-state index is 12.6. The summed E-state index contributed by atoms with van der Waals surface area (Å²) >= 11 is 3.24. The predicted octanol–water partition coefficient (Wildman–Crippen LogP) is 4.82. The van der Waals surface area contributed by atoms with Crippen molar-refractivity contribution in [2.45, 2.75) is 31.5 Å². The van der Waals surface area contributed by atoms with E-state index in [-0.39, 0.29) is 0 Å². The van der Waals surface area contributed by atoms with Crippen LogP contribution in [0, 0.1) is 0 Å². The van der Waals surface area contributed by atoms with Crippen molar-refractivity contribution in [3.63, 3.8) is 0 Å². The number of hydrogen-bond acceptors (Lipinski definition) is 1. The molecule has 1 rings (SSSR count). The fourth-order valence-corrected chi connectivity index (χ4v) is 2.18. The molecule has 1 aromatic rings. The number of allylic oxidation sites excluding steroid dienone is 1. The third-order valence-electron chi connectivity index (χ3n) is 2.65. The Morgan fingerprint density at radius 3 is 2.61 bits per heavy atom. The minimum Gasteiger partial charge on any atom is -0.324 e. The third-order valence-corrected chi connectivity index (χ3v) is 3.37. The van der Waals surface area contributed by atoms with E-state index in [0.29, 0.717) is 16.5 Å². The highest BCUT2D eigenvalue weighted by atomic mass is 79.9. The second kappa shape index (κ2) is 6.38. The van der Waals surface area contributed by atoms with Gasteiger partial charge in [0.05, 0.1) is 5.56 Å². The van der Waals surface area contributed by atoms with Gasteiger partial charge in [0.15, 0.2) is 0 Å². The van der Waals surface area contributed by atoms with Crippen LogP contribution < -0.4 is 5.73 Å². The summed E-state index contributed by atoms with van der Waals surface area (Å²) < 4.78 is 38.4. The van der Waals surface area contributed by atoms with Gasteiger partial charge in [-0.1, -0.05) is 22.0 Å². The van der Waals surface area contributed by atoms with E-state index in [1.54, 1.807) is 6.08 Å². The Morgan fingerprint density at radius 1 is 1.39 bits per heavy atom. The minimum atomic E-state index is -4.34. The Hall–Kier alpha value is -0.810. The SMILES string of the molecule is C=CCCCC(N)c1cc(C(F)(F)F)ccc1Br. The van der Waals surface area contributed by atoms with Crippen LogP contribution in [0.1, 0.15) is 36.4 Å². The molecule has 1 unspecified atom stereocenters. The fourth-order valence-electron chi connectivity index (χ4n) is 1.64. The number of halogens is 4. The van der Waals surface area contributed by atoms with Crippen LogP contribution in [0.15, 0.2) is 35.3 Å². The Balaban J connectivity index is 2.89. The summed E-state index contributed by atoms with van der Waals surface area (Å²) in [4.78, 5) is 0. The molecule has 1 nitrogen and oxygen atoms in total. The summed E-state index contributed by atoms with van der Waals surface area (Å²) in [5, 5.41) is 0. The number of hydrogen-bond donors (Lipinski definition) is 1. The van der Waals surface area contributed by atoms with Gasteiger partial charge in [0.2, 0.25) is 0 Å². The first-order valence-corrected chi connectivity index (χ1v) is 6.38. The lowest BCUT2D eigenvalue weighted by atomic mass is 10.00. The summed E-state index contributed by atoms with van der Waals surface area (Å²) in [6, 6.07) is 3.15. The van der Waals surface area contributed by atoms with Crippen LogP contribution in [0.5, 0.6) is 0 Å². The molecule has 0 fully saturated rings. The Bertz CT molecular complexity index is 415. The second-order valence-electron chi connectivity index (χ2n) is 4.06. The van der Waals surface area contributed by atoms with Gasteiger partial charge in [-0.15, -0.1) is 6.58 Å². The van der Waals surface area contributed by atoms with Crippen molar-refractivity contribution in [1.82, 2.24) is 0 Å². The number of alkyl halides is 3. The van der Waals surface area contributed by atoms with Crippen molar-refractivity contribution in [3.05, 3.63) is 46.5 Å². The Kier molecular flexibility index (Phi) is 5.41. The number of nitrogens with two attached hydrogens (primary N) is 1. The highest BCUT2D eigenvalue weighted by Crippen LogP contribution is 2.34. The topological polar surface area (TPSA) is 26.0 Å². The molecular weight excluding hydrogens is 307 g/mol. The lowest BCUT2D eigenvalue weighted by Crippen LogP contribution is -2.13. The predicted molar refractivity (Wildman–Crippen MR) is 70.1 cm³/mol. The average molecular weight is 322 g/mol. The van der Waals surface area contributed by atoms with Crippen molar-refractivity contribution in [3.8, 4) is 0 Å². The summed E-state index contributed by atoms with van der Waals surface area (Å²) in [5.74, 6) is 0. The molecule has 18 heavy (non-hydrogen) atoms. The summed E-state index contributed by atoms with van der Waals surface area (Å²) in [6.45, 7) is 3.60. The molecule has 100 valence electrons. The fraction of sp³-hybridized carbons (Fsp3) is 0.385. The van der Waals surface area contributed by atoms with E-state index in [4.69, 9.17) is 5.73 Å². The van der Waals surface area contributed by atoms with Crippen LogP contribution in [0.4, 0.5) is 13.2 Å². The molecule has 0 heterocycles. The lowest BCUT2D eigenvalue weighted by molar-refractivity contribution is -0.137. The zero-order chi connectivity index (χ0) is 13.8. The molecule has 1 aromatic carbocycles. The molecule has 0 aliphatic carbocycles. The third kappa shape index (κ3) is 4.14. The first-order valence-electron chi connectivity index (χ1n) is 5.59. The molecule has 0 bridgehead atoms. The quantitative estimate of drug-likeness (QED) is 0.610. The summed E-state index contributed by atoms with van der Waals surface area (Å²) in [7, 11) is 0. The second-order valence-corrected chi connectivity index (χ2v) is 4.91. The zero-order valence-corrected chi connectivity index (χ0v) is 11.4. The van der Waals surface area contributed by atoms with E-state index in [2.05, 4.69) is 22.5 Å². The van der Waals surface area contributed by atoms with Crippen LogP contribution >= 0.6 is 15.9 Å². The molecule has 0 aliphatic rings. The van der Waals surface area contributed by atoms with Gasteiger partial charge in [-0.3, -0.25) is 0 Å². The van der Waals surface area contributed by atoms with Crippen molar-refractivity contribution < 1.29 is 13.2 Å². The van der Waals surface area contributed by atoms with Gasteiger partial charge < -0.3 is 5.73 Å². The van der Waals surface area contributed by atoms with Crippen molar-refractivity contribution in [2.75, 3.05) is 0 Å². The maximum Gasteiger partial charge on any atom is 0.416 e. The number of rotatable bonds is 5. The number of benzene rings is 1. The first-order chi connectivity index (χ1) is 8.36. The molecule has 0 aliphatic heterocycles. The van der Waals surface area contributed by atoms with Crippen LogP contribution in [-0.4, -0.2) is 0 Å². The van der Waals surface area contributed by atoms with Gasteiger partial charge in [0.1, 0.15) is 0 Å². The summed E-state index contributed by atoms with van der Waals surface area (Å²) in [5.41, 5.74) is 5.74. The highest BCUT2D eigenvalue weighted by Gasteiger charge is 2.31. The largest absolute Gasteiger partial charge is 0.416 e. The standard InChI is InChI=1S/C13H15BrF3N/c1-2-3-4-5-12(18)10-8-9(13(15,16)17)6-7-11(10)14/h2,6-8,12H,1,3-5,18H2. The van der Waals surface area contributed by atoms with E-state index >= 15 is 0 Å². The summed E-state index contributed by atoms with van der Waals surface area (Å²) in [6.07, 6.45) is -0.312. The van der Waals surface area contributed by atoms with Gasteiger partial charge in [0.25, 0.3) is 0 Å². The van der Waals surface area contributed by atoms with Gasteiger partial charge >= 0.3 is 6.18 Å². The first kappa shape index (κ1) is 15.2. The van der Waals surface area contributed by atoms with Crippen molar-refractivity contribution in [2.24, 2.45) is 5.73 Å². The van der Waals surface area contributed by atoms with E-state index in [1.165, 1.54) is 6.07 Å². The van der Waals surface area contributed by atoms with Gasteiger partial charge in [-0.2, -0.15) is 13.2 Å². The number of unbranched alkanes of at least 4 members (excludes halogenated alkanes) is 1. The molecule has 0 saturated heterocycles. The monoisotopic (exact) mass is 321 g/mol. The molecule has 0 aromatic heterocycles. The molecule has 0 amide bonds. The lowest BCUT2D eigenvalue weighted by Gasteiger charge is -2.16. The Morgan fingerprint density at radius 2 is 2.06 bits per heavy atom. The molecule has 5 heteroatoms. The van der Waals surface area contributed by atoms with E-state index in [9.17, 15) is 13.2 Å². The zero-order valence-electron chi connectivity index (χ0n) is 9.80. The highest BCUT2D eigenvalue weighted by molar-refractivity contribution is 9.10.